The number of hydrogen-bond donors (Lipinski definition) is 0. The molecule has 0 aliphatic heterocycles. The smallest absolute Gasteiger partial charge is 0.226 e. The second-order valence-electron chi connectivity index (χ2n) is 7.44. The van der Waals surface area contributed by atoms with E-state index in [1.807, 2.05) is 24.3 Å². The van der Waals surface area contributed by atoms with Gasteiger partial charge in [0.05, 0.1) is 0 Å². The minimum atomic E-state index is -1.17. The van der Waals surface area contributed by atoms with Crippen LogP contribution < -0.4 is 0 Å². The van der Waals surface area contributed by atoms with Crippen molar-refractivity contribution in [1.29, 1.82) is 0 Å². The van der Waals surface area contributed by atoms with E-state index in [9.17, 15) is 0 Å². The Morgan fingerprint density at radius 1 is 1.03 bits per heavy atom. The Morgan fingerprint density at radius 2 is 1.69 bits per heavy atom. The normalized spacial score (nSPS) is 17.7. The number of allylic oxidation sites excluding steroid dienone is 2. The molecule has 1 aliphatic rings. The molecular formula is C27H26N2. The lowest BCUT2D eigenvalue weighted by Crippen LogP contribution is -2.31. The first-order valence-corrected chi connectivity index (χ1v) is 10.1. The first-order valence-electron chi connectivity index (χ1n) is 10.1. The molecule has 144 valence electrons. The van der Waals surface area contributed by atoms with E-state index < -0.39 is 5.66 Å². The average Bonchev–Trinajstić information content (AvgIpc) is 2.79. The van der Waals surface area contributed by atoms with Crippen LogP contribution in [0, 0.1) is 19.1 Å². The lowest BCUT2D eigenvalue weighted by atomic mass is 9.70. The van der Waals surface area contributed by atoms with Gasteiger partial charge in [0.2, 0.25) is 0 Å². The molecule has 29 heavy (non-hydrogen) atoms. The molecule has 0 fully saturated rings. The van der Waals surface area contributed by atoms with Crippen molar-refractivity contribution in [2.45, 2.75) is 37.3 Å². The molecule has 0 N–H and O–H groups in total. The SMILES string of the molecule is [C-]#[N+]C(CC=C)([N+]#[C-])C1=CCCC[C@H]1[C@@H](/C=C/c1ccccc1)c1ccccc1. The van der Waals surface area contributed by atoms with Gasteiger partial charge in [-0.2, -0.15) is 0 Å². The van der Waals surface area contributed by atoms with E-state index in [0.717, 1.165) is 30.4 Å². The van der Waals surface area contributed by atoms with Crippen molar-refractivity contribution in [2.24, 2.45) is 5.92 Å². The van der Waals surface area contributed by atoms with Crippen molar-refractivity contribution in [2.75, 3.05) is 0 Å². The van der Waals surface area contributed by atoms with Crippen LogP contribution in [-0.2, 0) is 0 Å². The molecule has 2 atom stereocenters. The van der Waals surface area contributed by atoms with Gasteiger partial charge in [0, 0.05) is 11.8 Å². The fourth-order valence-corrected chi connectivity index (χ4v) is 4.23. The van der Waals surface area contributed by atoms with Gasteiger partial charge in [0.1, 0.15) is 12.0 Å². The number of rotatable bonds is 7. The Hall–Kier alpha value is -3.36. The molecule has 0 heterocycles. The molecule has 3 rings (SSSR count). The quantitative estimate of drug-likeness (QED) is 0.352. The van der Waals surface area contributed by atoms with Crippen LogP contribution in [0.25, 0.3) is 15.8 Å². The molecule has 2 aromatic carbocycles. The van der Waals surface area contributed by atoms with Crippen molar-refractivity contribution in [3.8, 4) is 0 Å². The minimum Gasteiger partial charge on any atom is -0.226 e. The van der Waals surface area contributed by atoms with E-state index in [4.69, 9.17) is 13.1 Å². The summed E-state index contributed by atoms with van der Waals surface area (Å²) in [6, 6.07) is 20.7. The summed E-state index contributed by atoms with van der Waals surface area (Å²) in [7, 11) is 0. The van der Waals surface area contributed by atoms with Crippen molar-refractivity contribution >= 4 is 6.08 Å². The van der Waals surface area contributed by atoms with Crippen LogP contribution in [0.1, 0.15) is 42.7 Å². The largest absolute Gasteiger partial charge is 0.509 e. The van der Waals surface area contributed by atoms with Crippen LogP contribution >= 0.6 is 0 Å². The Balaban J connectivity index is 2.06. The molecule has 2 aromatic rings. The van der Waals surface area contributed by atoms with Crippen LogP contribution in [0.4, 0.5) is 0 Å². The summed E-state index contributed by atoms with van der Waals surface area (Å²) >= 11 is 0. The molecule has 0 spiro atoms. The standard InChI is InChI=1S/C27H26N2/c1-4-21-27(28-2,29-3)26-18-12-11-17-25(26)24(23-15-9-6-10-16-23)20-19-22-13-7-5-8-14-22/h4-10,13-16,18-20,24-25H,1,11-12,17,21H2/b20-19+/t24-,25-/m0/s1. The van der Waals surface area contributed by atoms with Crippen LogP contribution in [0.15, 0.2) is 91.0 Å². The molecular weight excluding hydrogens is 352 g/mol. The fraction of sp³-hybridized carbons (Fsp3) is 0.259. The Morgan fingerprint density at radius 3 is 2.31 bits per heavy atom. The summed E-state index contributed by atoms with van der Waals surface area (Å²) in [5.74, 6) is 0.255. The van der Waals surface area contributed by atoms with Gasteiger partial charge < -0.3 is 0 Å². The molecule has 0 saturated heterocycles. The first kappa shape index (κ1) is 20.4. The third-order valence-corrected chi connectivity index (χ3v) is 5.66. The van der Waals surface area contributed by atoms with Gasteiger partial charge in [0.15, 0.2) is 0 Å². The summed E-state index contributed by atoms with van der Waals surface area (Å²) in [6.07, 6.45) is 11.6. The van der Waals surface area contributed by atoms with Crippen molar-refractivity contribution in [1.82, 2.24) is 0 Å². The van der Waals surface area contributed by atoms with Crippen LogP contribution in [0.3, 0.4) is 0 Å². The Bertz CT molecular complexity index is 941. The van der Waals surface area contributed by atoms with E-state index in [1.54, 1.807) is 6.08 Å². The third-order valence-electron chi connectivity index (χ3n) is 5.66. The minimum absolute atomic E-state index is 0.121. The van der Waals surface area contributed by atoms with Gasteiger partial charge in [-0.15, -0.1) is 6.58 Å². The highest BCUT2D eigenvalue weighted by molar-refractivity contribution is 5.52. The molecule has 2 heteroatoms. The zero-order chi connectivity index (χ0) is 20.5. The van der Waals surface area contributed by atoms with Crippen molar-refractivity contribution in [3.05, 3.63) is 125 Å². The van der Waals surface area contributed by atoms with Crippen LogP contribution in [0.5, 0.6) is 0 Å². The van der Waals surface area contributed by atoms with Crippen LogP contribution in [0.2, 0.25) is 0 Å². The number of nitrogens with zero attached hydrogens (tertiary/aromatic N) is 2. The molecule has 0 amide bonds. The Kier molecular flexibility index (Phi) is 6.83. The molecule has 0 bridgehead atoms. The predicted molar refractivity (Wildman–Crippen MR) is 121 cm³/mol. The third kappa shape index (κ3) is 4.56. The molecule has 0 radical (unpaired) electrons. The number of benzene rings is 2. The Labute approximate surface area is 174 Å². The van der Waals surface area contributed by atoms with E-state index in [0.29, 0.717) is 6.42 Å². The van der Waals surface area contributed by atoms with Gasteiger partial charge in [-0.1, -0.05) is 85.0 Å². The van der Waals surface area contributed by atoms with E-state index in [2.05, 4.69) is 70.9 Å². The monoisotopic (exact) mass is 378 g/mol. The highest BCUT2D eigenvalue weighted by Gasteiger charge is 2.51. The lowest BCUT2D eigenvalue weighted by Gasteiger charge is -2.31. The molecule has 0 unspecified atom stereocenters. The van der Waals surface area contributed by atoms with E-state index in [1.165, 1.54) is 5.56 Å². The van der Waals surface area contributed by atoms with Gasteiger partial charge in [-0.05, 0) is 30.4 Å². The van der Waals surface area contributed by atoms with Crippen molar-refractivity contribution in [3.63, 3.8) is 0 Å². The first-order chi connectivity index (χ1) is 14.2. The second-order valence-corrected chi connectivity index (χ2v) is 7.44. The topological polar surface area (TPSA) is 8.72 Å². The maximum atomic E-state index is 7.82. The predicted octanol–water partition coefficient (Wildman–Crippen LogP) is 7.32. The highest BCUT2D eigenvalue weighted by atomic mass is 15.0. The summed E-state index contributed by atoms with van der Waals surface area (Å²) in [4.78, 5) is 7.66. The van der Waals surface area contributed by atoms with Crippen molar-refractivity contribution < 1.29 is 0 Å². The molecule has 0 saturated carbocycles. The summed E-state index contributed by atoms with van der Waals surface area (Å²) in [5, 5.41) is 0. The second kappa shape index (κ2) is 9.72. The molecule has 2 nitrogen and oxygen atoms in total. The van der Waals surface area contributed by atoms with Gasteiger partial charge in [-0.3, -0.25) is 0 Å². The molecule has 0 aromatic heterocycles. The zero-order valence-corrected chi connectivity index (χ0v) is 16.7. The fourth-order valence-electron chi connectivity index (χ4n) is 4.23. The summed E-state index contributed by atoms with van der Waals surface area (Å²) < 4.78 is 0. The summed E-state index contributed by atoms with van der Waals surface area (Å²) in [5.41, 5.74) is 2.18. The summed E-state index contributed by atoms with van der Waals surface area (Å²) in [6.45, 7) is 19.5. The zero-order valence-electron chi connectivity index (χ0n) is 16.7. The van der Waals surface area contributed by atoms with E-state index in [-0.39, 0.29) is 11.8 Å². The highest BCUT2D eigenvalue weighted by Crippen LogP contribution is 2.45. The maximum Gasteiger partial charge on any atom is 0.509 e. The van der Waals surface area contributed by atoms with Crippen LogP contribution in [-0.4, -0.2) is 5.66 Å². The molecule has 1 aliphatic carbocycles. The van der Waals surface area contributed by atoms with Gasteiger partial charge >= 0.3 is 5.66 Å². The van der Waals surface area contributed by atoms with Gasteiger partial charge in [0.25, 0.3) is 0 Å². The average molecular weight is 379 g/mol. The van der Waals surface area contributed by atoms with Gasteiger partial charge in [-0.25, -0.2) is 22.8 Å². The number of hydrogen-bond acceptors (Lipinski definition) is 0. The maximum absolute atomic E-state index is 7.82. The lowest BCUT2D eigenvalue weighted by molar-refractivity contribution is 0.429. The van der Waals surface area contributed by atoms with E-state index >= 15 is 0 Å².